The Morgan fingerprint density at radius 1 is 1.13 bits per heavy atom. The molecule has 1 N–H and O–H groups in total. The van der Waals surface area contributed by atoms with Crippen molar-refractivity contribution in [2.75, 3.05) is 13.7 Å². The quantitative estimate of drug-likeness (QED) is 0.598. The highest BCUT2D eigenvalue weighted by atomic mass is 19.1. The van der Waals surface area contributed by atoms with Crippen molar-refractivity contribution in [3.8, 4) is 17.2 Å². The van der Waals surface area contributed by atoms with Gasteiger partial charge in [0.25, 0.3) is 5.91 Å². The smallest absolute Gasteiger partial charge is 0.328 e. The van der Waals surface area contributed by atoms with Gasteiger partial charge < -0.3 is 24.3 Å². The lowest BCUT2D eigenvalue weighted by molar-refractivity contribution is -0.147. The molecule has 0 aliphatic heterocycles. The minimum Gasteiger partial charge on any atom is -0.493 e. The molecule has 1 amide bonds. The van der Waals surface area contributed by atoms with Crippen molar-refractivity contribution in [1.82, 2.24) is 10.3 Å². The fourth-order valence-electron chi connectivity index (χ4n) is 2.42. The normalized spacial score (nSPS) is 12.3. The number of aromatic nitrogens is 1. The van der Waals surface area contributed by atoms with Gasteiger partial charge in [-0.15, -0.1) is 0 Å². The molecule has 166 valence electrons. The second-order valence-corrected chi connectivity index (χ2v) is 6.49. The zero-order valence-corrected chi connectivity index (χ0v) is 17.5. The summed E-state index contributed by atoms with van der Waals surface area (Å²) < 4.78 is 33.7. The van der Waals surface area contributed by atoms with Gasteiger partial charge in [0, 0.05) is 19.2 Å². The Morgan fingerprint density at radius 3 is 2.42 bits per heavy atom. The summed E-state index contributed by atoms with van der Waals surface area (Å²) in [6.45, 7) is 4.18. The highest BCUT2D eigenvalue weighted by Crippen LogP contribution is 2.29. The van der Waals surface area contributed by atoms with Crippen LogP contribution in [0.5, 0.6) is 17.2 Å². The van der Waals surface area contributed by atoms with Crippen molar-refractivity contribution in [2.45, 2.75) is 32.9 Å². The van der Waals surface area contributed by atoms with Crippen LogP contribution in [0.3, 0.4) is 0 Å². The number of halogens is 1. The topological polar surface area (TPSA) is 113 Å². The number of hydrogen-bond donors (Lipinski definition) is 1. The second-order valence-electron chi connectivity index (χ2n) is 6.49. The van der Waals surface area contributed by atoms with Crippen LogP contribution in [0.1, 0.15) is 31.3 Å². The second kappa shape index (κ2) is 10.9. The number of methoxy groups -OCH3 is 1. The van der Waals surface area contributed by atoms with Crippen molar-refractivity contribution in [3.05, 3.63) is 48.0 Å². The Bertz CT molecular complexity index is 934. The number of amides is 1. The summed E-state index contributed by atoms with van der Waals surface area (Å²) in [5.74, 6) is -2.11. The molecule has 0 aliphatic carbocycles. The fraction of sp³-hybridized carbons (Fsp3) is 0.333. The Labute approximate surface area is 178 Å². The Hall–Kier alpha value is -3.69. The molecule has 1 aromatic carbocycles. The predicted molar refractivity (Wildman–Crippen MR) is 106 cm³/mol. The predicted octanol–water partition coefficient (Wildman–Crippen LogP) is 2.28. The summed E-state index contributed by atoms with van der Waals surface area (Å²) in [7, 11) is 1.35. The molecule has 2 atom stereocenters. The average Bonchev–Trinajstić information content (AvgIpc) is 2.73. The summed E-state index contributed by atoms with van der Waals surface area (Å²) >= 11 is 0. The third-order valence-corrected chi connectivity index (χ3v) is 3.86. The number of benzene rings is 1. The van der Waals surface area contributed by atoms with Crippen molar-refractivity contribution in [2.24, 2.45) is 0 Å². The van der Waals surface area contributed by atoms with E-state index >= 15 is 0 Å². The molecule has 0 unspecified atom stereocenters. The van der Waals surface area contributed by atoms with E-state index in [1.807, 2.05) is 0 Å². The molecule has 0 saturated heterocycles. The third kappa shape index (κ3) is 6.95. The Kier molecular flexibility index (Phi) is 8.30. The van der Waals surface area contributed by atoms with Gasteiger partial charge in [0.1, 0.15) is 30.3 Å². The van der Waals surface area contributed by atoms with E-state index in [9.17, 15) is 18.8 Å². The van der Waals surface area contributed by atoms with E-state index in [0.717, 1.165) is 0 Å². The highest BCUT2D eigenvalue weighted by molar-refractivity contribution is 5.98. The first-order valence-electron chi connectivity index (χ1n) is 9.32. The Morgan fingerprint density at radius 2 is 1.81 bits per heavy atom. The summed E-state index contributed by atoms with van der Waals surface area (Å²) in [6.07, 6.45) is 0.797. The van der Waals surface area contributed by atoms with Crippen LogP contribution in [0.15, 0.2) is 36.5 Å². The molecule has 9 nitrogen and oxygen atoms in total. The van der Waals surface area contributed by atoms with Gasteiger partial charge in [0.15, 0.2) is 11.4 Å². The van der Waals surface area contributed by atoms with Crippen LogP contribution in [0.4, 0.5) is 4.39 Å². The molecule has 1 heterocycles. The lowest BCUT2D eigenvalue weighted by Gasteiger charge is -2.18. The maximum absolute atomic E-state index is 12.9. The molecule has 0 radical (unpaired) electrons. The highest BCUT2D eigenvalue weighted by Gasteiger charge is 2.25. The summed E-state index contributed by atoms with van der Waals surface area (Å²) in [5.41, 5.74) is -0.220. The minimum atomic E-state index is -1.02. The monoisotopic (exact) mass is 434 g/mol. The number of ether oxygens (including phenoxy) is 4. The van der Waals surface area contributed by atoms with Crippen LogP contribution >= 0.6 is 0 Å². The molecular weight excluding hydrogens is 411 g/mol. The average molecular weight is 434 g/mol. The summed E-state index contributed by atoms with van der Waals surface area (Å²) in [5, 5.41) is 2.44. The Balaban J connectivity index is 1.94. The van der Waals surface area contributed by atoms with Crippen molar-refractivity contribution >= 4 is 17.8 Å². The number of pyridine rings is 1. The lowest BCUT2D eigenvalue weighted by Crippen LogP contribution is -2.41. The summed E-state index contributed by atoms with van der Waals surface area (Å²) in [4.78, 5) is 40.0. The van der Waals surface area contributed by atoms with E-state index in [0.29, 0.717) is 5.75 Å². The van der Waals surface area contributed by atoms with Crippen LogP contribution in [0.25, 0.3) is 0 Å². The van der Waals surface area contributed by atoms with Crippen LogP contribution in [0.2, 0.25) is 0 Å². The van der Waals surface area contributed by atoms with E-state index < -0.39 is 35.8 Å². The zero-order chi connectivity index (χ0) is 23.0. The number of carbonyl (C=O) groups is 3. The van der Waals surface area contributed by atoms with E-state index in [-0.39, 0.29) is 23.8 Å². The van der Waals surface area contributed by atoms with E-state index in [1.54, 1.807) is 6.92 Å². The first kappa shape index (κ1) is 23.6. The van der Waals surface area contributed by atoms with E-state index in [1.165, 1.54) is 57.5 Å². The van der Waals surface area contributed by atoms with Gasteiger partial charge in [-0.05, 0) is 38.1 Å². The molecule has 0 aliphatic rings. The maximum Gasteiger partial charge on any atom is 0.328 e. The maximum atomic E-state index is 12.9. The number of carbonyl (C=O) groups excluding carboxylic acids is 3. The van der Waals surface area contributed by atoms with Crippen LogP contribution in [0, 0.1) is 5.82 Å². The van der Waals surface area contributed by atoms with Crippen LogP contribution < -0.4 is 19.5 Å². The largest absolute Gasteiger partial charge is 0.493 e. The van der Waals surface area contributed by atoms with Crippen LogP contribution in [-0.2, 0) is 14.3 Å². The zero-order valence-electron chi connectivity index (χ0n) is 17.5. The van der Waals surface area contributed by atoms with E-state index in [4.69, 9.17) is 18.9 Å². The SMILES string of the molecule is COc1ccnc(C(=O)N[C@@H](C)C(=O)OC[C@H](C)Oc2ccc(F)cc2)c1OC(C)=O. The molecular formula is C21H23FN2O7. The minimum absolute atomic E-state index is 0.0907. The first-order valence-corrected chi connectivity index (χ1v) is 9.32. The van der Waals surface area contributed by atoms with Gasteiger partial charge in [0.2, 0.25) is 5.75 Å². The van der Waals surface area contributed by atoms with Gasteiger partial charge in [0.05, 0.1) is 7.11 Å². The van der Waals surface area contributed by atoms with Crippen LogP contribution in [-0.4, -0.2) is 48.7 Å². The number of nitrogens with one attached hydrogen (secondary N) is 1. The third-order valence-electron chi connectivity index (χ3n) is 3.86. The number of hydrogen-bond acceptors (Lipinski definition) is 8. The molecule has 10 heteroatoms. The standard InChI is InChI=1S/C21H23FN2O7/c1-12(30-16-7-5-15(22)6-8-16)11-29-21(27)13(2)24-20(26)18-19(31-14(3)25)17(28-4)9-10-23-18/h5-10,12-13H,11H2,1-4H3,(H,24,26)/t12-,13-/m0/s1. The molecule has 2 rings (SSSR count). The van der Waals surface area contributed by atoms with Crippen molar-refractivity contribution < 1.29 is 37.7 Å². The van der Waals surface area contributed by atoms with Gasteiger partial charge in [-0.2, -0.15) is 0 Å². The first-order chi connectivity index (χ1) is 14.7. The molecule has 0 saturated carbocycles. The molecule has 31 heavy (non-hydrogen) atoms. The molecule has 0 bridgehead atoms. The van der Waals surface area contributed by atoms with Gasteiger partial charge in [-0.3, -0.25) is 9.59 Å². The van der Waals surface area contributed by atoms with Crippen molar-refractivity contribution in [1.29, 1.82) is 0 Å². The molecule has 1 aromatic heterocycles. The number of nitrogens with zero attached hydrogens (tertiary/aromatic N) is 1. The van der Waals surface area contributed by atoms with Crippen molar-refractivity contribution in [3.63, 3.8) is 0 Å². The number of esters is 2. The lowest BCUT2D eigenvalue weighted by atomic mass is 10.2. The van der Waals surface area contributed by atoms with Gasteiger partial charge in [-0.1, -0.05) is 0 Å². The molecule has 0 spiro atoms. The fourth-order valence-corrected chi connectivity index (χ4v) is 2.42. The van der Waals surface area contributed by atoms with Gasteiger partial charge >= 0.3 is 11.9 Å². The van der Waals surface area contributed by atoms with E-state index in [2.05, 4.69) is 10.3 Å². The molecule has 0 fully saturated rings. The summed E-state index contributed by atoms with van der Waals surface area (Å²) in [6, 6.07) is 5.82. The number of rotatable bonds is 9. The molecule has 2 aromatic rings. The van der Waals surface area contributed by atoms with Gasteiger partial charge in [-0.25, -0.2) is 14.2 Å².